The first-order valence-electron chi connectivity index (χ1n) is 6.20. The van der Waals surface area contributed by atoms with Crippen molar-refractivity contribution in [2.75, 3.05) is 6.54 Å². The molecular formula is C12H20N6. The first-order valence-corrected chi connectivity index (χ1v) is 6.20. The second-order valence-corrected chi connectivity index (χ2v) is 4.39. The first-order chi connectivity index (χ1) is 8.63. The maximum atomic E-state index is 4.57. The van der Waals surface area contributed by atoms with E-state index in [1.807, 2.05) is 18.7 Å². The maximum Gasteiger partial charge on any atom is 0.148 e. The van der Waals surface area contributed by atoms with Crippen LogP contribution >= 0.6 is 0 Å². The van der Waals surface area contributed by atoms with Gasteiger partial charge in [-0.25, -0.2) is 4.98 Å². The number of hydrogen-bond donors (Lipinski definition) is 1. The summed E-state index contributed by atoms with van der Waals surface area (Å²) < 4.78 is 3.77. The summed E-state index contributed by atoms with van der Waals surface area (Å²) in [6.45, 7) is 8.75. The molecule has 0 aromatic carbocycles. The number of aromatic nitrogens is 5. The molecule has 18 heavy (non-hydrogen) atoms. The third-order valence-corrected chi connectivity index (χ3v) is 3.18. The summed E-state index contributed by atoms with van der Waals surface area (Å²) >= 11 is 0. The standard InChI is InChI=1S/C12H20N6/c1-5-13-6-11-9(2)16-18(10(11)3)7-12-14-8-15-17(12)4/h8,13H,5-7H2,1-4H3. The fraction of sp³-hybridized carbons (Fsp3) is 0.583. The predicted molar refractivity (Wildman–Crippen MR) is 69.2 cm³/mol. The molecule has 0 atom stereocenters. The molecule has 0 spiro atoms. The SMILES string of the molecule is CCNCc1c(C)nn(Cc2ncnn2C)c1C. The minimum atomic E-state index is 0.662. The summed E-state index contributed by atoms with van der Waals surface area (Å²) in [5.74, 6) is 0.913. The van der Waals surface area contributed by atoms with Gasteiger partial charge in [-0.2, -0.15) is 10.2 Å². The van der Waals surface area contributed by atoms with Gasteiger partial charge in [0.2, 0.25) is 0 Å². The Morgan fingerprint density at radius 3 is 2.72 bits per heavy atom. The van der Waals surface area contributed by atoms with E-state index in [1.54, 1.807) is 11.0 Å². The van der Waals surface area contributed by atoms with Gasteiger partial charge in [0.05, 0.1) is 5.69 Å². The molecule has 0 saturated carbocycles. The predicted octanol–water partition coefficient (Wildman–Crippen LogP) is 0.786. The number of nitrogens with zero attached hydrogens (tertiary/aromatic N) is 5. The highest BCUT2D eigenvalue weighted by Gasteiger charge is 2.12. The van der Waals surface area contributed by atoms with E-state index >= 15 is 0 Å². The molecule has 6 heteroatoms. The quantitative estimate of drug-likeness (QED) is 0.849. The molecule has 0 amide bonds. The number of hydrogen-bond acceptors (Lipinski definition) is 4. The lowest BCUT2D eigenvalue weighted by Crippen LogP contribution is -2.14. The molecule has 0 aliphatic rings. The Bertz CT molecular complexity index is 525. The summed E-state index contributed by atoms with van der Waals surface area (Å²) in [6, 6.07) is 0. The number of nitrogens with one attached hydrogen (secondary N) is 1. The largest absolute Gasteiger partial charge is 0.313 e. The van der Waals surface area contributed by atoms with E-state index in [-0.39, 0.29) is 0 Å². The van der Waals surface area contributed by atoms with Crippen LogP contribution in [0.5, 0.6) is 0 Å². The van der Waals surface area contributed by atoms with Crippen molar-refractivity contribution in [3.8, 4) is 0 Å². The third kappa shape index (κ3) is 2.43. The van der Waals surface area contributed by atoms with Gasteiger partial charge in [-0.15, -0.1) is 0 Å². The van der Waals surface area contributed by atoms with E-state index < -0.39 is 0 Å². The zero-order valence-electron chi connectivity index (χ0n) is 11.4. The summed E-state index contributed by atoms with van der Waals surface area (Å²) in [6.07, 6.45) is 1.57. The normalized spacial score (nSPS) is 11.1. The average molecular weight is 248 g/mol. The van der Waals surface area contributed by atoms with Gasteiger partial charge in [0.15, 0.2) is 0 Å². The van der Waals surface area contributed by atoms with E-state index in [2.05, 4.69) is 34.3 Å². The van der Waals surface area contributed by atoms with Gasteiger partial charge in [0, 0.05) is 24.8 Å². The summed E-state index contributed by atoms with van der Waals surface area (Å²) in [5, 5.41) is 12.0. The van der Waals surface area contributed by atoms with E-state index in [0.717, 1.165) is 24.6 Å². The number of aryl methyl sites for hydroxylation is 2. The smallest absolute Gasteiger partial charge is 0.148 e. The fourth-order valence-corrected chi connectivity index (χ4v) is 1.99. The van der Waals surface area contributed by atoms with E-state index in [0.29, 0.717) is 6.54 Å². The van der Waals surface area contributed by atoms with Crippen molar-refractivity contribution in [1.82, 2.24) is 29.9 Å². The van der Waals surface area contributed by atoms with Gasteiger partial charge in [0.1, 0.15) is 18.7 Å². The summed E-state index contributed by atoms with van der Waals surface area (Å²) in [5.41, 5.74) is 3.55. The molecule has 2 rings (SSSR count). The highest BCUT2D eigenvalue weighted by molar-refractivity contribution is 5.24. The lowest BCUT2D eigenvalue weighted by molar-refractivity contribution is 0.592. The average Bonchev–Trinajstić information content (AvgIpc) is 2.84. The molecule has 0 fully saturated rings. The van der Waals surface area contributed by atoms with Crippen LogP contribution in [0.3, 0.4) is 0 Å². The zero-order chi connectivity index (χ0) is 13.1. The van der Waals surface area contributed by atoms with Crippen molar-refractivity contribution in [2.45, 2.75) is 33.9 Å². The van der Waals surface area contributed by atoms with Crippen LogP contribution < -0.4 is 5.32 Å². The molecule has 2 aromatic rings. The van der Waals surface area contributed by atoms with Crippen LogP contribution in [0.4, 0.5) is 0 Å². The van der Waals surface area contributed by atoms with Crippen molar-refractivity contribution in [1.29, 1.82) is 0 Å². The minimum Gasteiger partial charge on any atom is -0.313 e. The zero-order valence-corrected chi connectivity index (χ0v) is 11.4. The Morgan fingerprint density at radius 1 is 1.33 bits per heavy atom. The minimum absolute atomic E-state index is 0.662. The first kappa shape index (κ1) is 12.8. The Hall–Kier alpha value is -1.69. The molecule has 2 heterocycles. The number of rotatable bonds is 5. The molecule has 0 aliphatic carbocycles. The van der Waals surface area contributed by atoms with Crippen LogP contribution in [0.2, 0.25) is 0 Å². The maximum absolute atomic E-state index is 4.57. The highest BCUT2D eigenvalue weighted by atomic mass is 15.4. The highest BCUT2D eigenvalue weighted by Crippen LogP contribution is 2.13. The molecule has 6 nitrogen and oxygen atoms in total. The van der Waals surface area contributed by atoms with E-state index in [1.165, 1.54) is 11.3 Å². The summed E-state index contributed by atoms with van der Waals surface area (Å²) in [7, 11) is 1.90. The molecule has 1 N–H and O–H groups in total. The van der Waals surface area contributed by atoms with Crippen molar-refractivity contribution in [3.63, 3.8) is 0 Å². The lowest BCUT2D eigenvalue weighted by Gasteiger charge is -2.05. The van der Waals surface area contributed by atoms with Crippen molar-refractivity contribution in [2.24, 2.45) is 7.05 Å². The lowest BCUT2D eigenvalue weighted by atomic mass is 10.2. The van der Waals surface area contributed by atoms with Crippen LogP contribution in [0.25, 0.3) is 0 Å². The Kier molecular flexibility index (Phi) is 3.76. The fourth-order valence-electron chi connectivity index (χ4n) is 1.99. The van der Waals surface area contributed by atoms with Crippen molar-refractivity contribution < 1.29 is 0 Å². The Morgan fingerprint density at radius 2 is 2.11 bits per heavy atom. The van der Waals surface area contributed by atoms with Gasteiger partial charge < -0.3 is 5.32 Å². The van der Waals surface area contributed by atoms with Crippen LogP contribution in [-0.4, -0.2) is 31.1 Å². The molecule has 0 bridgehead atoms. The molecule has 0 unspecified atom stereocenters. The van der Waals surface area contributed by atoms with E-state index in [9.17, 15) is 0 Å². The van der Waals surface area contributed by atoms with Crippen molar-refractivity contribution in [3.05, 3.63) is 29.1 Å². The monoisotopic (exact) mass is 248 g/mol. The van der Waals surface area contributed by atoms with Gasteiger partial charge in [0.25, 0.3) is 0 Å². The molecule has 0 saturated heterocycles. The molecule has 0 aliphatic heterocycles. The van der Waals surface area contributed by atoms with Gasteiger partial charge in [-0.05, 0) is 20.4 Å². The Balaban J connectivity index is 2.22. The second-order valence-electron chi connectivity index (χ2n) is 4.39. The van der Waals surface area contributed by atoms with E-state index in [4.69, 9.17) is 0 Å². The Labute approximate surface area is 107 Å². The third-order valence-electron chi connectivity index (χ3n) is 3.18. The van der Waals surface area contributed by atoms with Crippen molar-refractivity contribution >= 4 is 0 Å². The molecule has 0 radical (unpaired) electrons. The molecule has 2 aromatic heterocycles. The van der Waals surface area contributed by atoms with Gasteiger partial charge in [-0.1, -0.05) is 6.92 Å². The van der Waals surface area contributed by atoms with Crippen LogP contribution in [0.15, 0.2) is 6.33 Å². The van der Waals surface area contributed by atoms with Gasteiger partial charge >= 0.3 is 0 Å². The van der Waals surface area contributed by atoms with Crippen LogP contribution in [0, 0.1) is 13.8 Å². The van der Waals surface area contributed by atoms with Crippen LogP contribution in [0.1, 0.15) is 29.7 Å². The molecular weight excluding hydrogens is 228 g/mol. The summed E-state index contributed by atoms with van der Waals surface area (Å²) in [4.78, 5) is 4.23. The topological polar surface area (TPSA) is 60.6 Å². The second kappa shape index (κ2) is 5.30. The van der Waals surface area contributed by atoms with Crippen LogP contribution in [-0.2, 0) is 20.1 Å². The van der Waals surface area contributed by atoms with Gasteiger partial charge in [-0.3, -0.25) is 9.36 Å². The molecule has 98 valence electrons.